The van der Waals surface area contributed by atoms with E-state index in [1.54, 1.807) is 14.2 Å². The van der Waals surface area contributed by atoms with E-state index in [-0.39, 0.29) is 6.61 Å². The Labute approximate surface area is 266 Å². The highest BCUT2D eigenvalue weighted by atomic mass is 16.7. The molecular weight excluding hydrogens is 592 g/mol. The van der Waals surface area contributed by atoms with Gasteiger partial charge < -0.3 is 33.5 Å². The summed E-state index contributed by atoms with van der Waals surface area (Å²) >= 11 is 0. The SMILES string of the molecule is COc1ccc(C(OC[C@@H]2O[C@@H](n3ccc(=O)[nH]c3=O)[C@@H](O[C@@H]3CCCCO3)[C@H]2O)(c2ccccc2)c2ccc(OC)cc2)cc1. The van der Waals surface area contributed by atoms with Crippen molar-refractivity contribution in [3.63, 3.8) is 0 Å². The maximum atomic E-state index is 12.9. The minimum absolute atomic E-state index is 0.0892. The lowest BCUT2D eigenvalue weighted by Gasteiger charge is -2.37. The number of aromatic nitrogens is 2. The van der Waals surface area contributed by atoms with Gasteiger partial charge in [0.05, 0.1) is 20.8 Å². The summed E-state index contributed by atoms with van der Waals surface area (Å²) in [6.07, 6.45) is -0.910. The van der Waals surface area contributed by atoms with Crippen molar-refractivity contribution in [1.29, 1.82) is 0 Å². The largest absolute Gasteiger partial charge is 0.497 e. The molecule has 3 aromatic carbocycles. The number of ether oxygens (including phenoxy) is 6. The van der Waals surface area contributed by atoms with E-state index in [1.807, 2.05) is 78.9 Å². The van der Waals surface area contributed by atoms with Crippen LogP contribution >= 0.6 is 0 Å². The van der Waals surface area contributed by atoms with Crippen molar-refractivity contribution in [2.45, 2.75) is 55.7 Å². The second-order valence-corrected chi connectivity index (χ2v) is 11.3. The minimum atomic E-state index is -1.20. The van der Waals surface area contributed by atoms with Crippen LogP contribution in [0.15, 0.2) is 101 Å². The normalized spacial score (nSPS) is 23.2. The standard InChI is InChI=1S/C35H38N2O9/c1-41-26-15-11-24(12-16-26)35(23-8-4-3-5-9-23,25-13-17-27(42-2)18-14-25)44-22-28-31(39)32(46-30-10-6-7-21-43-30)33(45-28)37-20-19-29(38)36-34(37)40/h3-5,8-9,11-20,28,30-33,39H,6-7,10,21-22H2,1-2H3,(H,36,38,40)/t28-,30+,31-,32-,33+/m0/s1. The van der Waals surface area contributed by atoms with E-state index < -0.39 is 47.7 Å². The van der Waals surface area contributed by atoms with Gasteiger partial charge in [0.25, 0.3) is 5.56 Å². The van der Waals surface area contributed by atoms with Crippen molar-refractivity contribution in [3.8, 4) is 11.5 Å². The quantitative estimate of drug-likeness (QED) is 0.238. The molecular formula is C35H38N2O9. The van der Waals surface area contributed by atoms with E-state index in [2.05, 4.69) is 4.98 Å². The van der Waals surface area contributed by atoms with Crippen LogP contribution in [0.4, 0.5) is 0 Å². The molecule has 0 radical (unpaired) electrons. The Morgan fingerprint density at radius 2 is 1.50 bits per heavy atom. The van der Waals surface area contributed by atoms with Gasteiger partial charge in [-0.1, -0.05) is 54.6 Å². The summed E-state index contributed by atoms with van der Waals surface area (Å²) in [6, 6.07) is 26.2. The number of H-pyrrole nitrogens is 1. The Balaban J connectivity index is 1.39. The van der Waals surface area contributed by atoms with Crippen LogP contribution < -0.4 is 20.7 Å². The third-order valence-electron chi connectivity index (χ3n) is 8.52. The van der Waals surface area contributed by atoms with Gasteiger partial charge in [0, 0.05) is 18.9 Å². The minimum Gasteiger partial charge on any atom is -0.497 e. The first kappa shape index (κ1) is 31.7. The molecule has 5 atom stereocenters. The van der Waals surface area contributed by atoms with E-state index in [9.17, 15) is 14.7 Å². The second kappa shape index (κ2) is 14.0. The fourth-order valence-corrected chi connectivity index (χ4v) is 6.13. The van der Waals surface area contributed by atoms with Crippen molar-refractivity contribution in [3.05, 3.63) is 129 Å². The van der Waals surface area contributed by atoms with E-state index in [1.165, 1.54) is 16.8 Å². The second-order valence-electron chi connectivity index (χ2n) is 11.3. The molecule has 46 heavy (non-hydrogen) atoms. The summed E-state index contributed by atoms with van der Waals surface area (Å²) in [4.78, 5) is 27.0. The summed E-state index contributed by atoms with van der Waals surface area (Å²) in [6.45, 7) is 0.446. The van der Waals surface area contributed by atoms with Gasteiger partial charge in [0.15, 0.2) is 12.5 Å². The number of hydrogen-bond acceptors (Lipinski definition) is 9. The Bertz CT molecular complexity index is 1630. The first-order chi connectivity index (χ1) is 22.4. The zero-order chi connectivity index (χ0) is 32.1. The maximum Gasteiger partial charge on any atom is 0.330 e. The molecule has 11 nitrogen and oxygen atoms in total. The number of nitrogens with zero attached hydrogens (tertiary/aromatic N) is 1. The molecule has 1 aromatic heterocycles. The first-order valence-electron chi connectivity index (χ1n) is 15.3. The molecule has 2 saturated heterocycles. The summed E-state index contributed by atoms with van der Waals surface area (Å²) in [5.74, 6) is 1.38. The number of benzene rings is 3. The van der Waals surface area contributed by atoms with E-state index in [4.69, 9.17) is 28.4 Å². The number of aliphatic hydroxyl groups excluding tert-OH is 1. The molecule has 11 heteroatoms. The number of rotatable bonds is 11. The maximum absolute atomic E-state index is 12.9. The van der Waals surface area contributed by atoms with Crippen LogP contribution in [0.25, 0.3) is 0 Å². The van der Waals surface area contributed by atoms with Gasteiger partial charge >= 0.3 is 5.69 Å². The summed E-state index contributed by atoms with van der Waals surface area (Å²) in [7, 11) is 3.22. The van der Waals surface area contributed by atoms with Gasteiger partial charge in [-0.05, 0) is 60.2 Å². The van der Waals surface area contributed by atoms with Gasteiger partial charge in [-0.15, -0.1) is 0 Å². The molecule has 4 aromatic rings. The number of hydrogen-bond donors (Lipinski definition) is 2. The molecule has 3 heterocycles. The molecule has 0 unspecified atom stereocenters. The Morgan fingerprint density at radius 3 is 2.07 bits per heavy atom. The van der Waals surface area contributed by atoms with Crippen molar-refractivity contribution < 1.29 is 33.5 Å². The molecule has 242 valence electrons. The summed E-state index contributed by atoms with van der Waals surface area (Å²) in [5, 5.41) is 11.7. The summed E-state index contributed by atoms with van der Waals surface area (Å²) in [5.41, 5.74) is 0.0926. The predicted octanol–water partition coefficient (Wildman–Crippen LogP) is 3.73. The predicted molar refractivity (Wildman–Crippen MR) is 168 cm³/mol. The van der Waals surface area contributed by atoms with Gasteiger partial charge in [-0.3, -0.25) is 14.3 Å². The van der Waals surface area contributed by atoms with Crippen LogP contribution in [-0.4, -0.2) is 66.7 Å². The third-order valence-corrected chi connectivity index (χ3v) is 8.52. The molecule has 0 saturated carbocycles. The average molecular weight is 631 g/mol. The van der Waals surface area contributed by atoms with Crippen LogP contribution in [0.3, 0.4) is 0 Å². The number of aliphatic hydroxyl groups is 1. The number of nitrogens with one attached hydrogen (secondary N) is 1. The lowest BCUT2D eigenvalue weighted by molar-refractivity contribution is -0.215. The van der Waals surface area contributed by atoms with Crippen molar-refractivity contribution >= 4 is 0 Å². The van der Waals surface area contributed by atoms with Crippen LogP contribution in [-0.2, 0) is 24.5 Å². The summed E-state index contributed by atoms with van der Waals surface area (Å²) < 4.78 is 37.5. The van der Waals surface area contributed by atoms with Gasteiger partial charge in [0.1, 0.15) is 35.4 Å². The number of methoxy groups -OCH3 is 2. The molecule has 0 amide bonds. The zero-order valence-electron chi connectivity index (χ0n) is 25.7. The fraction of sp³-hybridized carbons (Fsp3) is 0.371. The third kappa shape index (κ3) is 6.37. The Kier molecular flexibility index (Phi) is 9.67. The molecule has 2 fully saturated rings. The topological polar surface area (TPSA) is 130 Å². The van der Waals surface area contributed by atoms with Gasteiger partial charge in [-0.2, -0.15) is 0 Å². The lowest BCUT2D eigenvalue weighted by atomic mass is 9.80. The Morgan fingerprint density at radius 1 is 0.870 bits per heavy atom. The van der Waals surface area contributed by atoms with Crippen molar-refractivity contribution in [1.82, 2.24) is 9.55 Å². The van der Waals surface area contributed by atoms with Crippen LogP contribution in [0, 0.1) is 0 Å². The lowest BCUT2D eigenvalue weighted by Crippen LogP contribution is -2.43. The van der Waals surface area contributed by atoms with Gasteiger partial charge in [0.2, 0.25) is 0 Å². The molecule has 2 aliphatic heterocycles. The first-order valence-corrected chi connectivity index (χ1v) is 15.3. The monoisotopic (exact) mass is 630 g/mol. The van der Waals surface area contributed by atoms with Crippen LogP contribution in [0.2, 0.25) is 0 Å². The van der Waals surface area contributed by atoms with E-state index in [0.29, 0.717) is 24.5 Å². The van der Waals surface area contributed by atoms with Crippen molar-refractivity contribution in [2.24, 2.45) is 0 Å². The molecule has 0 aliphatic carbocycles. The molecule has 6 rings (SSSR count). The van der Waals surface area contributed by atoms with Crippen LogP contribution in [0.5, 0.6) is 11.5 Å². The molecule has 0 spiro atoms. The highest BCUT2D eigenvalue weighted by Gasteiger charge is 2.49. The smallest absolute Gasteiger partial charge is 0.330 e. The average Bonchev–Trinajstić information content (AvgIpc) is 3.40. The zero-order valence-corrected chi connectivity index (χ0v) is 25.7. The number of aromatic amines is 1. The molecule has 2 aliphatic rings. The van der Waals surface area contributed by atoms with E-state index >= 15 is 0 Å². The molecule has 2 N–H and O–H groups in total. The van der Waals surface area contributed by atoms with Crippen LogP contribution in [0.1, 0.15) is 42.2 Å². The highest BCUT2D eigenvalue weighted by molar-refractivity contribution is 5.49. The highest BCUT2D eigenvalue weighted by Crippen LogP contribution is 2.43. The molecule has 0 bridgehead atoms. The Hall–Kier alpha value is -4.26. The van der Waals surface area contributed by atoms with Gasteiger partial charge in [-0.25, -0.2) is 4.79 Å². The van der Waals surface area contributed by atoms with E-state index in [0.717, 1.165) is 29.5 Å². The fourth-order valence-electron chi connectivity index (χ4n) is 6.13. The van der Waals surface area contributed by atoms with Crippen molar-refractivity contribution in [2.75, 3.05) is 27.4 Å².